The van der Waals surface area contributed by atoms with Gasteiger partial charge < -0.3 is 9.84 Å². The SMILES string of the molecule is N#Cc1ccc(C(O)COc2cccc([N+](=O)[O-])c2)cc1. The van der Waals surface area contributed by atoms with Gasteiger partial charge in [0.25, 0.3) is 5.69 Å². The molecule has 0 radical (unpaired) electrons. The summed E-state index contributed by atoms with van der Waals surface area (Å²) in [6, 6.07) is 14.2. The lowest BCUT2D eigenvalue weighted by molar-refractivity contribution is -0.384. The molecule has 0 bridgehead atoms. The molecule has 0 amide bonds. The number of nitriles is 1. The molecule has 6 nitrogen and oxygen atoms in total. The Kier molecular flexibility index (Phi) is 4.49. The van der Waals surface area contributed by atoms with Crippen molar-refractivity contribution in [2.45, 2.75) is 6.10 Å². The molecule has 2 aromatic rings. The van der Waals surface area contributed by atoms with E-state index in [-0.39, 0.29) is 12.3 Å². The molecule has 6 heteroatoms. The number of aliphatic hydroxyl groups is 1. The number of hydrogen-bond donors (Lipinski definition) is 1. The van der Waals surface area contributed by atoms with E-state index in [9.17, 15) is 15.2 Å². The predicted octanol–water partition coefficient (Wildman–Crippen LogP) is 2.58. The summed E-state index contributed by atoms with van der Waals surface area (Å²) in [6.07, 6.45) is -0.878. The van der Waals surface area contributed by atoms with Crippen molar-refractivity contribution in [1.29, 1.82) is 5.26 Å². The molecule has 1 atom stereocenters. The first-order valence-electron chi connectivity index (χ1n) is 6.15. The Morgan fingerprint density at radius 2 is 2.00 bits per heavy atom. The zero-order valence-electron chi connectivity index (χ0n) is 11.0. The highest BCUT2D eigenvalue weighted by molar-refractivity contribution is 5.38. The summed E-state index contributed by atoms with van der Waals surface area (Å²) in [5, 5.41) is 29.3. The Balaban J connectivity index is 2.00. The van der Waals surface area contributed by atoms with Crippen LogP contribution in [-0.2, 0) is 0 Å². The quantitative estimate of drug-likeness (QED) is 0.672. The molecule has 2 rings (SSSR count). The highest BCUT2D eigenvalue weighted by Crippen LogP contribution is 2.21. The van der Waals surface area contributed by atoms with E-state index in [1.807, 2.05) is 6.07 Å². The third kappa shape index (κ3) is 3.78. The van der Waals surface area contributed by atoms with Crippen LogP contribution in [0.4, 0.5) is 5.69 Å². The van der Waals surface area contributed by atoms with Gasteiger partial charge in [-0.25, -0.2) is 0 Å². The summed E-state index contributed by atoms with van der Waals surface area (Å²) in [4.78, 5) is 10.1. The first-order valence-corrected chi connectivity index (χ1v) is 6.15. The monoisotopic (exact) mass is 284 g/mol. The molecule has 2 aromatic carbocycles. The maximum atomic E-state index is 10.6. The molecule has 1 unspecified atom stereocenters. The molecule has 0 aliphatic carbocycles. The van der Waals surface area contributed by atoms with Crippen molar-refractivity contribution in [3.05, 3.63) is 69.8 Å². The van der Waals surface area contributed by atoms with Gasteiger partial charge >= 0.3 is 0 Å². The minimum Gasteiger partial charge on any atom is -0.490 e. The highest BCUT2D eigenvalue weighted by atomic mass is 16.6. The minimum atomic E-state index is -0.878. The average molecular weight is 284 g/mol. The molecular weight excluding hydrogens is 272 g/mol. The Hall–Kier alpha value is -2.91. The number of nitro benzene ring substituents is 1. The summed E-state index contributed by atoms with van der Waals surface area (Å²) in [5.41, 5.74) is 1.05. The summed E-state index contributed by atoms with van der Waals surface area (Å²) >= 11 is 0. The second-order valence-corrected chi connectivity index (χ2v) is 4.32. The number of rotatable bonds is 5. The maximum absolute atomic E-state index is 10.6. The largest absolute Gasteiger partial charge is 0.490 e. The third-order valence-electron chi connectivity index (χ3n) is 2.86. The van der Waals surface area contributed by atoms with Crippen LogP contribution >= 0.6 is 0 Å². The van der Waals surface area contributed by atoms with Gasteiger partial charge in [-0.15, -0.1) is 0 Å². The van der Waals surface area contributed by atoms with Crippen LogP contribution in [0.2, 0.25) is 0 Å². The van der Waals surface area contributed by atoms with Crippen LogP contribution in [-0.4, -0.2) is 16.6 Å². The number of ether oxygens (including phenoxy) is 1. The lowest BCUT2D eigenvalue weighted by Gasteiger charge is -2.12. The van der Waals surface area contributed by atoms with Crippen LogP contribution in [0, 0.1) is 21.4 Å². The number of aliphatic hydroxyl groups excluding tert-OH is 1. The van der Waals surface area contributed by atoms with Crippen molar-refractivity contribution >= 4 is 5.69 Å². The van der Waals surface area contributed by atoms with E-state index < -0.39 is 11.0 Å². The van der Waals surface area contributed by atoms with Gasteiger partial charge in [0.2, 0.25) is 0 Å². The summed E-state index contributed by atoms with van der Waals surface area (Å²) in [7, 11) is 0. The van der Waals surface area contributed by atoms with Crippen LogP contribution in [0.25, 0.3) is 0 Å². The molecule has 106 valence electrons. The van der Waals surface area contributed by atoms with Gasteiger partial charge in [-0.1, -0.05) is 18.2 Å². The van der Waals surface area contributed by atoms with Gasteiger partial charge in [0.05, 0.1) is 22.6 Å². The molecule has 0 aromatic heterocycles. The van der Waals surface area contributed by atoms with Crippen LogP contribution in [0.15, 0.2) is 48.5 Å². The van der Waals surface area contributed by atoms with Crippen molar-refractivity contribution in [1.82, 2.24) is 0 Å². The highest BCUT2D eigenvalue weighted by Gasteiger charge is 2.10. The molecule has 0 heterocycles. The molecule has 0 aliphatic rings. The summed E-state index contributed by atoms with van der Waals surface area (Å²) in [5.74, 6) is 0.317. The van der Waals surface area contributed by atoms with E-state index in [0.717, 1.165) is 0 Å². The second kappa shape index (κ2) is 6.50. The van der Waals surface area contributed by atoms with Gasteiger partial charge in [-0.3, -0.25) is 10.1 Å². The molecule has 1 N–H and O–H groups in total. The fourth-order valence-corrected chi connectivity index (χ4v) is 1.74. The topological polar surface area (TPSA) is 96.4 Å². The van der Waals surface area contributed by atoms with Gasteiger partial charge in [-0.05, 0) is 23.8 Å². The molecule has 0 fully saturated rings. The minimum absolute atomic E-state index is 0.0347. The number of hydrogen-bond acceptors (Lipinski definition) is 5. The maximum Gasteiger partial charge on any atom is 0.273 e. The molecule has 0 saturated carbocycles. The molecule has 21 heavy (non-hydrogen) atoms. The van der Waals surface area contributed by atoms with Gasteiger partial charge in [0.1, 0.15) is 18.5 Å². The van der Waals surface area contributed by atoms with Crippen LogP contribution in [0.3, 0.4) is 0 Å². The van der Waals surface area contributed by atoms with E-state index >= 15 is 0 Å². The third-order valence-corrected chi connectivity index (χ3v) is 2.86. The van der Waals surface area contributed by atoms with Crippen molar-refractivity contribution < 1.29 is 14.8 Å². The average Bonchev–Trinajstić information content (AvgIpc) is 2.53. The smallest absolute Gasteiger partial charge is 0.273 e. The van der Waals surface area contributed by atoms with E-state index in [2.05, 4.69) is 0 Å². The van der Waals surface area contributed by atoms with Crippen molar-refractivity contribution in [3.63, 3.8) is 0 Å². The lowest BCUT2D eigenvalue weighted by atomic mass is 10.1. The second-order valence-electron chi connectivity index (χ2n) is 4.32. The summed E-state index contributed by atoms with van der Waals surface area (Å²) in [6.45, 7) is -0.0347. The number of benzene rings is 2. The molecule has 0 aliphatic heterocycles. The zero-order chi connectivity index (χ0) is 15.2. The molecule has 0 spiro atoms. The number of non-ortho nitro benzene ring substituents is 1. The van der Waals surface area contributed by atoms with Gasteiger partial charge in [-0.2, -0.15) is 5.26 Å². The molecule has 0 saturated heterocycles. The van der Waals surface area contributed by atoms with Crippen molar-refractivity contribution in [2.24, 2.45) is 0 Å². The first-order chi connectivity index (χ1) is 10.1. The van der Waals surface area contributed by atoms with E-state index in [0.29, 0.717) is 16.9 Å². The summed E-state index contributed by atoms with van der Waals surface area (Å²) < 4.78 is 5.35. The van der Waals surface area contributed by atoms with Gasteiger partial charge in [0, 0.05) is 6.07 Å². The number of nitrogens with zero attached hydrogens (tertiary/aromatic N) is 2. The molecular formula is C15H12N2O4. The van der Waals surface area contributed by atoms with E-state index in [1.54, 1.807) is 30.3 Å². The van der Waals surface area contributed by atoms with E-state index in [1.165, 1.54) is 18.2 Å². The van der Waals surface area contributed by atoms with Crippen LogP contribution < -0.4 is 4.74 Å². The Morgan fingerprint density at radius 3 is 2.62 bits per heavy atom. The van der Waals surface area contributed by atoms with Crippen molar-refractivity contribution in [3.8, 4) is 11.8 Å². The fourth-order valence-electron chi connectivity index (χ4n) is 1.74. The lowest BCUT2D eigenvalue weighted by Crippen LogP contribution is -2.09. The Bertz CT molecular complexity index is 677. The van der Waals surface area contributed by atoms with Crippen LogP contribution in [0.5, 0.6) is 5.75 Å². The predicted molar refractivity (Wildman–Crippen MR) is 74.7 cm³/mol. The van der Waals surface area contributed by atoms with E-state index in [4.69, 9.17) is 10.00 Å². The Labute approximate surface area is 121 Å². The Morgan fingerprint density at radius 1 is 1.29 bits per heavy atom. The number of nitro groups is 1. The van der Waals surface area contributed by atoms with Gasteiger partial charge in [0.15, 0.2) is 0 Å². The first kappa shape index (κ1) is 14.5. The fraction of sp³-hybridized carbons (Fsp3) is 0.133. The standard InChI is InChI=1S/C15H12N2O4/c16-9-11-4-6-12(7-5-11)15(18)10-21-14-3-1-2-13(8-14)17(19)20/h1-8,15,18H,10H2. The normalized spacial score (nSPS) is 11.4. The van der Waals surface area contributed by atoms with Crippen LogP contribution in [0.1, 0.15) is 17.2 Å². The van der Waals surface area contributed by atoms with Crippen molar-refractivity contribution in [2.75, 3.05) is 6.61 Å². The zero-order valence-corrected chi connectivity index (χ0v) is 11.0.